The average Bonchev–Trinajstić information content (AvgIpc) is 2.85. The Kier molecular flexibility index (Phi) is 3.02. The van der Waals surface area contributed by atoms with Gasteiger partial charge in [-0.2, -0.15) is 0 Å². The Morgan fingerprint density at radius 1 is 1.24 bits per heavy atom. The molecule has 0 bridgehead atoms. The van der Waals surface area contributed by atoms with E-state index in [0.717, 1.165) is 0 Å². The molecule has 0 fully saturated rings. The lowest BCUT2D eigenvalue weighted by molar-refractivity contribution is 0.0693. The first-order valence-electron chi connectivity index (χ1n) is 6.30. The molecule has 1 N–H and O–H groups in total. The minimum Gasteiger partial charge on any atom is -0.477 e. The van der Waals surface area contributed by atoms with E-state index in [1.165, 1.54) is 4.57 Å². The molecule has 0 aliphatic heterocycles. The lowest BCUT2D eigenvalue weighted by atomic mass is 10.1. The van der Waals surface area contributed by atoms with Gasteiger partial charge in [-0.3, -0.25) is 9.20 Å². The molecule has 21 heavy (non-hydrogen) atoms. The van der Waals surface area contributed by atoms with Crippen molar-refractivity contribution in [1.82, 2.24) is 19.2 Å². The number of carbonyl (C=O) groups is 1. The molecular formula is C14H12N4O3. The maximum absolute atomic E-state index is 12.2. The minimum atomic E-state index is -1.22. The molecule has 3 heterocycles. The summed E-state index contributed by atoms with van der Waals surface area (Å²) in [6.45, 7) is 1.76. The number of hydrogen-bond acceptors (Lipinski definition) is 4. The Hall–Kier alpha value is -2.96. The molecule has 0 spiro atoms. The molecular weight excluding hydrogens is 272 g/mol. The van der Waals surface area contributed by atoms with Crippen molar-refractivity contribution in [2.45, 2.75) is 13.5 Å². The molecule has 3 rings (SSSR count). The van der Waals surface area contributed by atoms with E-state index < -0.39 is 11.5 Å². The number of nitrogens with zero attached hydrogens (tertiary/aromatic N) is 4. The summed E-state index contributed by atoms with van der Waals surface area (Å²) >= 11 is 0. The number of carboxylic acid groups (broad SMARTS) is 1. The van der Waals surface area contributed by atoms with Crippen molar-refractivity contribution in [3.05, 3.63) is 64.0 Å². The normalized spacial score (nSPS) is 10.9. The zero-order chi connectivity index (χ0) is 15.0. The molecule has 106 valence electrons. The van der Waals surface area contributed by atoms with Crippen LogP contribution in [0, 0.1) is 6.92 Å². The number of hydrogen-bond donors (Lipinski definition) is 1. The molecule has 0 saturated carbocycles. The molecule has 0 aliphatic carbocycles. The van der Waals surface area contributed by atoms with Crippen LogP contribution in [-0.2, 0) is 6.54 Å². The molecule has 0 radical (unpaired) electrons. The number of rotatable bonds is 3. The zero-order valence-corrected chi connectivity index (χ0v) is 11.2. The van der Waals surface area contributed by atoms with Crippen molar-refractivity contribution in [1.29, 1.82) is 0 Å². The zero-order valence-electron chi connectivity index (χ0n) is 11.2. The number of aromatic nitrogens is 4. The molecule has 7 nitrogen and oxygen atoms in total. The lowest BCUT2D eigenvalue weighted by Gasteiger charge is -2.07. The second-order valence-electron chi connectivity index (χ2n) is 4.66. The van der Waals surface area contributed by atoms with Gasteiger partial charge in [0.1, 0.15) is 5.56 Å². The third-order valence-electron chi connectivity index (χ3n) is 3.28. The van der Waals surface area contributed by atoms with Gasteiger partial charge in [0.2, 0.25) is 0 Å². The number of aromatic carboxylic acids is 1. The van der Waals surface area contributed by atoms with Crippen molar-refractivity contribution >= 4 is 11.6 Å². The molecule has 3 aromatic rings. The van der Waals surface area contributed by atoms with Crippen LogP contribution in [-0.4, -0.2) is 30.2 Å². The van der Waals surface area contributed by atoms with Crippen molar-refractivity contribution in [3.8, 4) is 0 Å². The Labute approximate surface area is 119 Å². The fourth-order valence-electron chi connectivity index (χ4n) is 2.20. The molecule has 0 saturated heterocycles. The van der Waals surface area contributed by atoms with Gasteiger partial charge in [0, 0.05) is 12.4 Å². The van der Waals surface area contributed by atoms with Gasteiger partial charge in [0.05, 0.1) is 6.54 Å². The summed E-state index contributed by atoms with van der Waals surface area (Å²) in [7, 11) is 0. The lowest BCUT2D eigenvalue weighted by Crippen LogP contribution is -2.28. The monoisotopic (exact) mass is 284 g/mol. The number of fused-ring (bicyclic) bond motifs is 1. The minimum absolute atomic E-state index is 0.157. The van der Waals surface area contributed by atoms with Crippen molar-refractivity contribution in [2.24, 2.45) is 0 Å². The second kappa shape index (κ2) is 4.86. The second-order valence-corrected chi connectivity index (χ2v) is 4.66. The highest BCUT2D eigenvalue weighted by atomic mass is 16.4. The highest BCUT2D eigenvalue weighted by Gasteiger charge is 2.15. The third-order valence-corrected chi connectivity index (χ3v) is 3.28. The van der Waals surface area contributed by atoms with Crippen molar-refractivity contribution in [3.63, 3.8) is 0 Å². The predicted octanol–water partition coefficient (Wildman–Crippen LogP) is 0.946. The van der Waals surface area contributed by atoms with Crippen LogP contribution in [0.3, 0.4) is 0 Å². The summed E-state index contributed by atoms with van der Waals surface area (Å²) in [5.74, 6) is -0.661. The van der Waals surface area contributed by atoms with Crippen molar-refractivity contribution in [2.75, 3.05) is 0 Å². The van der Waals surface area contributed by atoms with Gasteiger partial charge in [-0.25, -0.2) is 4.79 Å². The van der Waals surface area contributed by atoms with Gasteiger partial charge in [-0.1, -0.05) is 6.07 Å². The van der Waals surface area contributed by atoms with Crippen LogP contribution in [0.15, 0.2) is 41.5 Å². The van der Waals surface area contributed by atoms with Crippen LogP contribution in [0.4, 0.5) is 0 Å². The highest BCUT2D eigenvalue weighted by Crippen LogP contribution is 2.06. The maximum atomic E-state index is 12.2. The largest absolute Gasteiger partial charge is 0.477 e. The Morgan fingerprint density at radius 3 is 2.81 bits per heavy atom. The Morgan fingerprint density at radius 2 is 2.05 bits per heavy atom. The van der Waals surface area contributed by atoms with Gasteiger partial charge in [0.15, 0.2) is 11.5 Å². The summed E-state index contributed by atoms with van der Waals surface area (Å²) in [5.41, 5.74) is 0.350. The first-order valence-corrected chi connectivity index (χ1v) is 6.30. The summed E-state index contributed by atoms with van der Waals surface area (Å²) in [6, 6.07) is 7.08. The summed E-state index contributed by atoms with van der Waals surface area (Å²) < 4.78 is 3.08. The van der Waals surface area contributed by atoms with Gasteiger partial charge >= 0.3 is 5.97 Å². The number of carboxylic acids is 1. The van der Waals surface area contributed by atoms with E-state index in [2.05, 4.69) is 10.2 Å². The fraction of sp³-hybridized carbons (Fsp3) is 0.143. The van der Waals surface area contributed by atoms with Crippen LogP contribution in [0.2, 0.25) is 0 Å². The van der Waals surface area contributed by atoms with E-state index >= 15 is 0 Å². The first-order chi connectivity index (χ1) is 10.1. The third kappa shape index (κ3) is 2.18. The maximum Gasteiger partial charge on any atom is 0.341 e. The topological polar surface area (TPSA) is 89.5 Å². The van der Waals surface area contributed by atoms with Crippen molar-refractivity contribution < 1.29 is 9.90 Å². The quantitative estimate of drug-likeness (QED) is 0.773. The van der Waals surface area contributed by atoms with Crippen LogP contribution in [0.25, 0.3) is 5.65 Å². The molecule has 0 unspecified atom stereocenters. The van der Waals surface area contributed by atoms with Crippen LogP contribution >= 0.6 is 0 Å². The molecule has 0 aromatic carbocycles. The van der Waals surface area contributed by atoms with Crippen LogP contribution in [0.5, 0.6) is 0 Å². The smallest absolute Gasteiger partial charge is 0.341 e. The average molecular weight is 284 g/mol. The molecule has 0 atom stereocenters. The standard InChI is InChI=1S/C14H12N4O3/c1-9-5-7-17(13(19)12(9)14(20)21)8-11-16-15-10-4-2-3-6-18(10)11/h2-7H,8H2,1H3,(H,20,21). The van der Waals surface area contributed by atoms with E-state index in [1.54, 1.807) is 35.9 Å². The van der Waals surface area contributed by atoms with Crippen LogP contribution in [0.1, 0.15) is 21.7 Å². The fourth-order valence-corrected chi connectivity index (χ4v) is 2.20. The predicted molar refractivity (Wildman–Crippen MR) is 74.5 cm³/mol. The van der Waals surface area contributed by atoms with E-state index in [0.29, 0.717) is 17.0 Å². The Bertz CT molecular complexity index is 895. The van der Waals surface area contributed by atoms with Gasteiger partial charge < -0.3 is 9.67 Å². The number of pyridine rings is 2. The van der Waals surface area contributed by atoms with Crippen LogP contribution < -0.4 is 5.56 Å². The Balaban J connectivity index is 2.09. The van der Waals surface area contributed by atoms with E-state index in [4.69, 9.17) is 5.11 Å². The van der Waals surface area contributed by atoms with Gasteiger partial charge in [-0.15, -0.1) is 10.2 Å². The first kappa shape index (κ1) is 13.0. The molecule has 7 heteroatoms. The molecule has 0 aliphatic rings. The summed E-state index contributed by atoms with van der Waals surface area (Å²) in [6.07, 6.45) is 3.36. The van der Waals surface area contributed by atoms with E-state index in [9.17, 15) is 9.59 Å². The summed E-state index contributed by atoms with van der Waals surface area (Å²) in [4.78, 5) is 23.4. The van der Waals surface area contributed by atoms with E-state index in [-0.39, 0.29) is 12.1 Å². The van der Waals surface area contributed by atoms with Gasteiger partial charge in [0.25, 0.3) is 5.56 Å². The molecule has 3 aromatic heterocycles. The number of aryl methyl sites for hydroxylation is 1. The molecule has 0 amide bonds. The SMILES string of the molecule is Cc1ccn(Cc2nnc3ccccn23)c(=O)c1C(=O)O. The van der Waals surface area contributed by atoms with E-state index in [1.807, 2.05) is 12.1 Å². The highest BCUT2D eigenvalue weighted by molar-refractivity contribution is 5.88. The van der Waals surface area contributed by atoms with Gasteiger partial charge in [-0.05, 0) is 30.7 Å². The summed E-state index contributed by atoms with van der Waals surface area (Å²) in [5, 5.41) is 17.2.